The van der Waals surface area contributed by atoms with Gasteiger partial charge in [0.1, 0.15) is 12.3 Å². The molecule has 0 aliphatic carbocycles. The zero-order valence-corrected chi connectivity index (χ0v) is 21.4. The van der Waals surface area contributed by atoms with Gasteiger partial charge in [0.15, 0.2) is 11.5 Å². The Bertz CT molecular complexity index is 1310. The number of hydrogen-bond donors (Lipinski definition) is 1. The summed E-state index contributed by atoms with van der Waals surface area (Å²) < 4.78 is 12.0. The van der Waals surface area contributed by atoms with Crippen molar-refractivity contribution in [3.63, 3.8) is 0 Å². The van der Waals surface area contributed by atoms with Crippen molar-refractivity contribution < 1.29 is 19.1 Å². The van der Waals surface area contributed by atoms with E-state index in [0.29, 0.717) is 42.3 Å². The molecule has 0 unspecified atom stereocenters. The van der Waals surface area contributed by atoms with Gasteiger partial charge in [-0.2, -0.15) is 0 Å². The van der Waals surface area contributed by atoms with Crippen LogP contribution in [0.25, 0.3) is 6.08 Å². The largest absolute Gasteiger partial charge is 0.493 e. The van der Waals surface area contributed by atoms with Gasteiger partial charge in [-0.25, -0.2) is 9.69 Å². The van der Waals surface area contributed by atoms with Gasteiger partial charge in [-0.1, -0.05) is 56.8 Å². The molecule has 10 heteroatoms. The molecule has 4 rings (SSSR count). The summed E-state index contributed by atoms with van der Waals surface area (Å²) in [5, 5.41) is 4.13. The Kier molecular flexibility index (Phi) is 7.38. The van der Waals surface area contributed by atoms with Gasteiger partial charge in [0.2, 0.25) is 0 Å². The predicted octanol–water partition coefficient (Wildman–Crippen LogP) is 7.09. The third-order valence-corrected chi connectivity index (χ3v) is 6.47. The molecule has 0 spiro atoms. The number of urea groups is 1. The summed E-state index contributed by atoms with van der Waals surface area (Å²) in [7, 11) is 1.51. The molecule has 0 aromatic heterocycles. The first-order valence-corrected chi connectivity index (χ1v) is 11.8. The van der Waals surface area contributed by atoms with E-state index in [2.05, 4.69) is 21.2 Å². The molecule has 3 amide bonds. The van der Waals surface area contributed by atoms with Crippen LogP contribution in [0.1, 0.15) is 11.1 Å². The molecule has 0 saturated carbocycles. The number of rotatable bonds is 6. The van der Waals surface area contributed by atoms with E-state index in [4.69, 9.17) is 44.3 Å². The van der Waals surface area contributed by atoms with Gasteiger partial charge in [-0.15, -0.1) is 0 Å². The summed E-state index contributed by atoms with van der Waals surface area (Å²) in [6, 6.07) is 14.4. The zero-order chi connectivity index (χ0) is 24.4. The van der Waals surface area contributed by atoms with Crippen molar-refractivity contribution in [3.05, 3.63) is 91.0 Å². The normalized spacial score (nSPS) is 14.5. The monoisotopic (exact) mass is 580 g/mol. The molecule has 1 saturated heterocycles. The zero-order valence-electron chi connectivity index (χ0n) is 17.6. The summed E-state index contributed by atoms with van der Waals surface area (Å²) in [5.74, 6) is 0.412. The number of imide groups is 1. The van der Waals surface area contributed by atoms with E-state index in [0.717, 1.165) is 10.5 Å². The molecular weight excluding hydrogens is 567 g/mol. The third-order valence-electron chi connectivity index (χ3n) is 4.94. The van der Waals surface area contributed by atoms with E-state index in [1.807, 2.05) is 0 Å². The first-order chi connectivity index (χ1) is 16.3. The van der Waals surface area contributed by atoms with Crippen molar-refractivity contribution in [1.82, 2.24) is 5.32 Å². The minimum absolute atomic E-state index is 0.115. The lowest BCUT2D eigenvalue weighted by Gasteiger charge is -2.14. The maximum absolute atomic E-state index is 12.9. The average Bonchev–Trinajstić information content (AvgIpc) is 3.08. The molecular formula is C24H16BrCl3N2O4. The van der Waals surface area contributed by atoms with Crippen molar-refractivity contribution >= 4 is 74.4 Å². The molecule has 3 aromatic rings. The van der Waals surface area contributed by atoms with E-state index in [-0.39, 0.29) is 12.3 Å². The minimum Gasteiger partial charge on any atom is -0.493 e. The SMILES string of the molecule is COc1cc(/C=C2/NC(=O)N(c3ccc(Cl)cc3)C2=O)c(Br)cc1OCc1ccc(Cl)cc1Cl. The number of anilines is 1. The summed E-state index contributed by atoms with van der Waals surface area (Å²) in [6.07, 6.45) is 1.56. The minimum atomic E-state index is -0.554. The Morgan fingerprint density at radius 2 is 1.68 bits per heavy atom. The quantitative estimate of drug-likeness (QED) is 0.249. The molecule has 0 bridgehead atoms. The standard InChI is InChI=1S/C24H16BrCl3N2O4/c1-33-21-9-14(18(25)11-22(21)34-12-13-2-3-16(27)10-19(13)28)8-20-23(31)30(24(32)29-20)17-6-4-15(26)5-7-17/h2-11H,12H2,1H3,(H,29,32)/b20-8+. The van der Waals surface area contributed by atoms with E-state index in [1.165, 1.54) is 7.11 Å². The van der Waals surface area contributed by atoms with Gasteiger partial charge in [0, 0.05) is 25.1 Å². The second-order valence-corrected chi connectivity index (χ2v) is 9.29. The lowest BCUT2D eigenvalue weighted by molar-refractivity contribution is -0.113. The second-order valence-electron chi connectivity index (χ2n) is 7.15. The molecule has 0 atom stereocenters. The van der Waals surface area contributed by atoms with Crippen molar-refractivity contribution in [3.8, 4) is 11.5 Å². The molecule has 1 fully saturated rings. The number of hydrogen-bond acceptors (Lipinski definition) is 4. The number of nitrogens with zero attached hydrogens (tertiary/aromatic N) is 1. The van der Waals surface area contributed by atoms with Crippen molar-refractivity contribution in [2.45, 2.75) is 6.61 Å². The molecule has 1 aliphatic rings. The molecule has 1 aliphatic heterocycles. The highest BCUT2D eigenvalue weighted by atomic mass is 79.9. The van der Waals surface area contributed by atoms with Crippen molar-refractivity contribution in [2.75, 3.05) is 12.0 Å². The van der Waals surface area contributed by atoms with Crippen LogP contribution in [0.3, 0.4) is 0 Å². The Labute approximate surface area is 219 Å². The highest BCUT2D eigenvalue weighted by molar-refractivity contribution is 9.10. The summed E-state index contributed by atoms with van der Waals surface area (Å²) >= 11 is 21.6. The van der Waals surface area contributed by atoms with E-state index in [9.17, 15) is 9.59 Å². The Morgan fingerprint density at radius 1 is 0.971 bits per heavy atom. The first-order valence-electron chi connectivity index (χ1n) is 9.84. The fourth-order valence-electron chi connectivity index (χ4n) is 3.24. The maximum Gasteiger partial charge on any atom is 0.333 e. The van der Waals surface area contributed by atoms with Crippen molar-refractivity contribution in [1.29, 1.82) is 0 Å². The average molecular weight is 583 g/mol. The third kappa shape index (κ3) is 5.18. The summed E-state index contributed by atoms with van der Waals surface area (Å²) in [4.78, 5) is 26.4. The second kappa shape index (κ2) is 10.3. The number of amides is 3. The lowest BCUT2D eigenvalue weighted by atomic mass is 10.1. The number of carbonyl (C=O) groups is 2. The van der Waals surface area contributed by atoms with Crippen LogP contribution in [0.5, 0.6) is 11.5 Å². The molecule has 34 heavy (non-hydrogen) atoms. The Balaban J connectivity index is 1.58. The Hall–Kier alpha value is -2.71. The molecule has 174 valence electrons. The van der Waals surface area contributed by atoms with E-state index < -0.39 is 11.9 Å². The number of methoxy groups -OCH3 is 1. The number of ether oxygens (including phenoxy) is 2. The van der Waals surface area contributed by atoms with Gasteiger partial charge in [-0.05, 0) is 60.2 Å². The molecule has 3 aromatic carbocycles. The van der Waals surface area contributed by atoms with Crippen LogP contribution in [0.15, 0.2) is 64.8 Å². The van der Waals surface area contributed by atoms with Crippen LogP contribution in [0.2, 0.25) is 15.1 Å². The molecule has 0 radical (unpaired) electrons. The highest BCUT2D eigenvalue weighted by Gasteiger charge is 2.35. The maximum atomic E-state index is 12.9. The molecule has 6 nitrogen and oxygen atoms in total. The van der Waals surface area contributed by atoms with Gasteiger partial charge in [0.25, 0.3) is 5.91 Å². The van der Waals surface area contributed by atoms with Gasteiger partial charge < -0.3 is 14.8 Å². The van der Waals surface area contributed by atoms with Crippen LogP contribution in [-0.2, 0) is 11.4 Å². The van der Waals surface area contributed by atoms with Gasteiger partial charge >= 0.3 is 6.03 Å². The topological polar surface area (TPSA) is 67.9 Å². The van der Waals surface area contributed by atoms with Crippen LogP contribution >= 0.6 is 50.7 Å². The number of halogens is 4. The van der Waals surface area contributed by atoms with Crippen LogP contribution < -0.4 is 19.7 Å². The van der Waals surface area contributed by atoms with Crippen molar-refractivity contribution in [2.24, 2.45) is 0 Å². The summed E-state index contributed by atoms with van der Waals surface area (Å²) in [5.41, 5.74) is 1.90. The predicted molar refractivity (Wildman–Crippen MR) is 137 cm³/mol. The van der Waals surface area contributed by atoms with Gasteiger partial charge in [-0.3, -0.25) is 4.79 Å². The molecule has 1 heterocycles. The highest BCUT2D eigenvalue weighted by Crippen LogP contribution is 2.36. The lowest BCUT2D eigenvalue weighted by Crippen LogP contribution is -2.30. The van der Waals surface area contributed by atoms with Crippen LogP contribution in [0.4, 0.5) is 10.5 Å². The summed E-state index contributed by atoms with van der Waals surface area (Å²) in [6.45, 7) is 0.198. The number of carbonyl (C=O) groups excluding carboxylic acids is 2. The van der Waals surface area contributed by atoms with Gasteiger partial charge in [0.05, 0.1) is 12.8 Å². The Morgan fingerprint density at radius 3 is 2.35 bits per heavy atom. The number of benzene rings is 3. The van der Waals surface area contributed by atoms with Crippen LogP contribution in [0, 0.1) is 0 Å². The van der Waals surface area contributed by atoms with E-state index >= 15 is 0 Å². The first kappa shape index (κ1) is 24.4. The van der Waals surface area contributed by atoms with Crippen LogP contribution in [-0.4, -0.2) is 19.0 Å². The van der Waals surface area contributed by atoms with E-state index in [1.54, 1.807) is 60.7 Å². The fraction of sp³-hybridized carbons (Fsp3) is 0.0833. The molecule has 1 N–H and O–H groups in total. The fourth-order valence-corrected chi connectivity index (χ4v) is 4.27. The number of nitrogens with one attached hydrogen (secondary N) is 1. The smallest absolute Gasteiger partial charge is 0.333 e.